The highest BCUT2D eigenvalue weighted by molar-refractivity contribution is 6.05. The predicted molar refractivity (Wildman–Crippen MR) is 94.4 cm³/mol. The molecule has 0 N–H and O–H groups in total. The summed E-state index contributed by atoms with van der Waals surface area (Å²) in [6.07, 6.45) is 3.46. The lowest BCUT2D eigenvalue weighted by Gasteiger charge is -2.19. The van der Waals surface area contributed by atoms with Crippen LogP contribution in [0.4, 0.5) is 0 Å². The number of hydrogen-bond acceptors (Lipinski definition) is 6. The molecular weight excluding hydrogens is 350 g/mol. The Morgan fingerprint density at radius 2 is 1.63 bits per heavy atom. The molecule has 1 aliphatic heterocycles. The maximum Gasteiger partial charge on any atom is 0.337 e. The molecule has 3 rings (SSSR count). The second-order valence-corrected chi connectivity index (χ2v) is 6.92. The normalized spacial score (nSPS) is 21.7. The first kappa shape index (κ1) is 19.1. The summed E-state index contributed by atoms with van der Waals surface area (Å²) in [5, 5.41) is 0. The van der Waals surface area contributed by atoms with Crippen molar-refractivity contribution in [3.8, 4) is 0 Å². The summed E-state index contributed by atoms with van der Waals surface area (Å²) in [5.41, 5.74) is 1.15. The number of ether oxygens (including phenoxy) is 2. The number of methoxy groups -OCH3 is 1. The van der Waals surface area contributed by atoms with E-state index in [0.717, 1.165) is 31.2 Å². The van der Waals surface area contributed by atoms with Gasteiger partial charge in [-0.2, -0.15) is 0 Å². The van der Waals surface area contributed by atoms with Gasteiger partial charge in [-0.3, -0.25) is 19.3 Å². The third kappa shape index (κ3) is 4.18. The molecule has 1 aromatic carbocycles. The Hall–Kier alpha value is -2.70. The van der Waals surface area contributed by atoms with Crippen LogP contribution in [0.3, 0.4) is 0 Å². The zero-order valence-electron chi connectivity index (χ0n) is 15.3. The molecule has 0 bridgehead atoms. The Kier molecular flexibility index (Phi) is 5.88. The minimum Gasteiger partial charge on any atom is -0.465 e. The van der Waals surface area contributed by atoms with Crippen molar-refractivity contribution in [1.82, 2.24) is 4.90 Å². The Morgan fingerprint density at radius 3 is 2.19 bits per heavy atom. The number of imide groups is 1. The van der Waals surface area contributed by atoms with Gasteiger partial charge in [0.2, 0.25) is 11.8 Å². The van der Waals surface area contributed by atoms with Gasteiger partial charge in [-0.05, 0) is 30.5 Å². The van der Waals surface area contributed by atoms with Crippen LogP contribution < -0.4 is 0 Å². The maximum atomic E-state index is 12.4. The number of benzene rings is 1. The lowest BCUT2D eigenvalue weighted by atomic mass is 9.81. The largest absolute Gasteiger partial charge is 0.465 e. The van der Waals surface area contributed by atoms with E-state index in [0.29, 0.717) is 5.56 Å². The summed E-state index contributed by atoms with van der Waals surface area (Å²) in [7, 11) is 1.31. The molecule has 7 heteroatoms. The van der Waals surface area contributed by atoms with Gasteiger partial charge in [0.15, 0.2) is 0 Å². The molecule has 1 saturated heterocycles. The molecular formula is C20H23NO6. The second-order valence-electron chi connectivity index (χ2n) is 6.92. The van der Waals surface area contributed by atoms with Crippen molar-refractivity contribution < 1.29 is 28.7 Å². The fourth-order valence-electron chi connectivity index (χ4n) is 3.75. The summed E-state index contributed by atoms with van der Waals surface area (Å²) < 4.78 is 9.82. The number of carbonyl (C=O) groups is 4. The first-order chi connectivity index (χ1) is 13.0. The van der Waals surface area contributed by atoms with Crippen molar-refractivity contribution in [2.75, 3.05) is 13.7 Å². The number of nitrogens with zero attached hydrogens (tertiary/aromatic N) is 1. The van der Waals surface area contributed by atoms with Crippen molar-refractivity contribution in [2.45, 2.75) is 38.7 Å². The summed E-state index contributed by atoms with van der Waals surface area (Å²) in [5.74, 6) is -1.58. The third-order valence-electron chi connectivity index (χ3n) is 5.25. The van der Waals surface area contributed by atoms with Crippen LogP contribution in [0.15, 0.2) is 24.3 Å². The molecule has 144 valence electrons. The van der Waals surface area contributed by atoms with E-state index < -0.39 is 11.9 Å². The fourth-order valence-corrected chi connectivity index (χ4v) is 3.75. The molecule has 7 nitrogen and oxygen atoms in total. The van der Waals surface area contributed by atoms with Crippen LogP contribution in [-0.2, 0) is 30.5 Å². The topological polar surface area (TPSA) is 90.0 Å². The van der Waals surface area contributed by atoms with Gasteiger partial charge in [-0.1, -0.05) is 25.0 Å². The zero-order chi connectivity index (χ0) is 19.4. The number of rotatable bonds is 6. The van der Waals surface area contributed by atoms with Gasteiger partial charge < -0.3 is 9.47 Å². The maximum absolute atomic E-state index is 12.4. The van der Waals surface area contributed by atoms with E-state index in [1.807, 2.05) is 0 Å². The van der Waals surface area contributed by atoms with Crippen molar-refractivity contribution in [2.24, 2.45) is 11.8 Å². The molecule has 2 aliphatic rings. The van der Waals surface area contributed by atoms with Crippen LogP contribution in [0.1, 0.15) is 48.0 Å². The van der Waals surface area contributed by atoms with Gasteiger partial charge in [0, 0.05) is 6.54 Å². The fraction of sp³-hybridized carbons (Fsp3) is 0.500. The molecule has 0 unspecified atom stereocenters. The summed E-state index contributed by atoms with van der Waals surface area (Å²) in [6.45, 7) is 0.137. The Balaban J connectivity index is 1.46. The molecule has 27 heavy (non-hydrogen) atoms. The molecule has 2 fully saturated rings. The number of esters is 2. The Bertz CT molecular complexity index is 717. The smallest absolute Gasteiger partial charge is 0.337 e. The minimum absolute atomic E-state index is 0.0167. The summed E-state index contributed by atoms with van der Waals surface area (Å²) >= 11 is 0. The standard InChI is InChI=1S/C20H23NO6/c1-26-20(25)14-8-6-13(7-9-14)12-27-17(22)10-11-21-18(23)15-4-2-3-5-16(15)19(21)24/h6-9,15-16H,2-5,10-12H2,1H3/t15-,16-/m0/s1. The van der Waals surface area contributed by atoms with Gasteiger partial charge in [-0.25, -0.2) is 4.79 Å². The number of hydrogen-bond donors (Lipinski definition) is 0. The third-order valence-corrected chi connectivity index (χ3v) is 5.25. The van der Waals surface area contributed by atoms with E-state index in [1.54, 1.807) is 24.3 Å². The molecule has 1 saturated carbocycles. The monoisotopic (exact) mass is 373 g/mol. The van der Waals surface area contributed by atoms with Crippen LogP contribution in [-0.4, -0.2) is 42.3 Å². The van der Waals surface area contributed by atoms with Gasteiger partial charge in [0.1, 0.15) is 6.61 Å². The van der Waals surface area contributed by atoms with E-state index in [2.05, 4.69) is 4.74 Å². The minimum atomic E-state index is -0.470. The first-order valence-electron chi connectivity index (χ1n) is 9.19. The summed E-state index contributed by atoms with van der Waals surface area (Å²) in [6, 6.07) is 6.55. The van der Waals surface area contributed by atoms with Crippen LogP contribution in [0.5, 0.6) is 0 Å². The van der Waals surface area contributed by atoms with E-state index in [-0.39, 0.29) is 43.2 Å². The van der Waals surface area contributed by atoms with Crippen molar-refractivity contribution in [1.29, 1.82) is 0 Å². The average molecular weight is 373 g/mol. The molecule has 2 atom stereocenters. The van der Waals surface area contributed by atoms with Gasteiger partial charge in [0.05, 0.1) is 30.9 Å². The highest BCUT2D eigenvalue weighted by Gasteiger charge is 2.47. The molecule has 1 aromatic rings. The van der Waals surface area contributed by atoms with E-state index in [1.165, 1.54) is 12.0 Å². The van der Waals surface area contributed by atoms with Crippen LogP contribution in [0, 0.1) is 11.8 Å². The van der Waals surface area contributed by atoms with E-state index in [9.17, 15) is 19.2 Å². The van der Waals surface area contributed by atoms with Gasteiger partial charge >= 0.3 is 11.9 Å². The van der Waals surface area contributed by atoms with Gasteiger partial charge in [-0.15, -0.1) is 0 Å². The van der Waals surface area contributed by atoms with Gasteiger partial charge in [0.25, 0.3) is 0 Å². The van der Waals surface area contributed by atoms with Crippen LogP contribution in [0.2, 0.25) is 0 Å². The van der Waals surface area contributed by atoms with Crippen molar-refractivity contribution in [3.05, 3.63) is 35.4 Å². The lowest BCUT2D eigenvalue weighted by Crippen LogP contribution is -2.33. The Morgan fingerprint density at radius 1 is 1.04 bits per heavy atom. The second kappa shape index (κ2) is 8.33. The van der Waals surface area contributed by atoms with Crippen LogP contribution in [0.25, 0.3) is 0 Å². The van der Waals surface area contributed by atoms with Crippen molar-refractivity contribution in [3.63, 3.8) is 0 Å². The number of likely N-dealkylation sites (tertiary alicyclic amines) is 1. The molecule has 1 aliphatic carbocycles. The highest BCUT2D eigenvalue weighted by Crippen LogP contribution is 2.37. The molecule has 0 aromatic heterocycles. The lowest BCUT2D eigenvalue weighted by molar-refractivity contribution is -0.146. The number of fused-ring (bicyclic) bond motifs is 1. The predicted octanol–water partition coefficient (Wildman–Crippen LogP) is 2.08. The average Bonchev–Trinajstić information content (AvgIpc) is 2.95. The molecule has 2 amide bonds. The highest BCUT2D eigenvalue weighted by atomic mass is 16.5. The Labute approximate surface area is 157 Å². The molecule has 1 heterocycles. The number of amides is 2. The SMILES string of the molecule is COC(=O)c1ccc(COC(=O)CCN2C(=O)[C@H]3CCCC[C@@H]3C2=O)cc1. The zero-order valence-corrected chi connectivity index (χ0v) is 15.3. The quantitative estimate of drug-likeness (QED) is 0.560. The first-order valence-corrected chi connectivity index (χ1v) is 9.19. The molecule has 0 spiro atoms. The van der Waals surface area contributed by atoms with E-state index in [4.69, 9.17) is 4.74 Å². The van der Waals surface area contributed by atoms with Crippen LogP contribution >= 0.6 is 0 Å². The van der Waals surface area contributed by atoms with Crippen molar-refractivity contribution >= 4 is 23.8 Å². The summed E-state index contributed by atoms with van der Waals surface area (Å²) in [4.78, 5) is 49.3. The number of carbonyl (C=O) groups excluding carboxylic acids is 4. The van der Waals surface area contributed by atoms with E-state index >= 15 is 0 Å². The molecule has 0 radical (unpaired) electrons.